The van der Waals surface area contributed by atoms with E-state index in [1.54, 1.807) is 24.3 Å². The van der Waals surface area contributed by atoms with Crippen molar-refractivity contribution < 1.29 is 14.3 Å². The van der Waals surface area contributed by atoms with E-state index in [1.165, 1.54) is 7.11 Å². The van der Waals surface area contributed by atoms with Gasteiger partial charge < -0.3 is 10.1 Å². The number of esters is 1. The number of hydrogen-bond donors (Lipinski definition) is 2. The van der Waals surface area contributed by atoms with Gasteiger partial charge in [0.15, 0.2) is 0 Å². The van der Waals surface area contributed by atoms with E-state index in [-0.39, 0.29) is 6.03 Å². The molecule has 2 heterocycles. The first-order valence-electron chi connectivity index (χ1n) is 8.84. The van der Waals surface area contributed by atoms with Gasteiger partial charge in [-0.05, 0) is 30.7 Å². The van der Waals surface area contributed by atoms with Crippen molar-refractivity contribution >= 4 is 23.5 Å². The largest absolute Gasteiger partial charge is 0.465 e. The third kappa shape index (κ3) is 4.08. The highest BCUT2D eigenvalue weighted by Gasteiger charge is 2.16. The third-order valence-electron chi connectivity index (χ3n) is 4.16. The first-order chi connectivity index (χ1) is 13.1. The van der Waals surface area contributed by atoms with Crippen molar-refractivity contribution in [3.63, 3.8) is 0 Å². The number of rotatable bonds is 6. The van der Waals surface area contributed by atoms with Crippen LogP contribution in [0.3, 0.4) is 0 Å². The first-order valence-corrected chi connectivity index (χ1v) is 8.84. The number of urea groups is 1. The molecule has 7 heteroatoms. The molecule has 0 aliphatic carbocycles. The van der Waals surface area contributed by atoms with Crippen molar-refractivity contribution in [2.45, 2.75) is 19.8 Å². The zero-order valence-electron chi connectivity index (χ0n) is 15.4. The highest BCUT2D eigenvalue weighted by atomic mass is 16.5. The number of benzene rings is 1. The SMILES string of the molecule is CCCCNC(=O)Nc1c(-c2ccc(C(=O)OC)cc2)nc2ccccn12. The predicted molar refractivity (Wildman–Crippen MR) is 104 cm³/mol. The van der Waals surface area contributed by atoms with Crippen LogP contribution in [0.4, 0.5) is 10.6 Å². The fourth-order valence-electron chi connectivity index (χ4n) is 2.73. The van der Waals surface area contributed by atoms with Gasteiger partial charge in [0.05, 0.1) is 12.7 Å². The van der Waals surface area contributed by atoms with E-state index >= 15 is 0 Å². The zero-order valence-corrected chi connectivity index (χ0v) is 15.4. The molecule has 2 N–H and O–H groups in total. The molecule has 1 aromatic carbocycles. The van der Waals surface area contributed by atoms with Crippen LogP contribution in [0.1, 0.15) is 30.1 Å². The zero-order chi connectivity index (χ0) is 19.2. The summed E-state index contributed by atoms with van der Waals surface area (Å²) in [5, 5.41) is 5.74. The first kappa shape index (κ1) is 18.4. The fourth-order valence-corrected chi connectivity index (χ4v) is 2.73. The molecule has 0 saturated heterocycles. The number of nitrogens with zero attached hydrogens (tertiary/aromatic N) is 2. The molecule has 3 aromatic rings. The van der Waals surface area contributed by atoms with E-state index in [0.29, 0.717) is 29.3 Å². The number of unbranched alkanes of at least 4 members (excludes halogenated alkanes) is 1. The van der Waals surface area contributed by atoms with Gasteiger partial charge in [0.25, 0.3) is 0 Å². The average Bonchev–Trinajstić information content (AvgIpc) is 3.06. The van der Waals surface area contributed by atoms with E-state index in [4.69, 9.17) is 4.74 Å². The minimum absolute atomic E-state index is 0.276. The Bertz CT molecular complexity index is 948. The molecule has 0 unspecified atom stereocenters. The maximum Gasteiger partial charge on any atom is 0.337 e. The van der Waals surface area contributed by atoms with Gasteiger partial charge in [0.1, 0.15) is 17.2 Å². The average molecular weight is 366 g/mol. The number of carbonyl (C=O) groups excluding carboxylic acids is 2. The molecule has 2 amide bonds. The number of imidazole rings is 1. The molecular weight excluding hydrogens is 344 g/mol. The van der Waals surface area contributed by atoms with Gasteiger partial charge in [-0.2, -0.15) is 0 Å². The molecule has 140 valence electrons. The quantitative estimate of drug-likeness (QED) is 0.514. The maximum atomic E-state index is 12.3. The van der Waals surface area contributed by atoms with Gasteiger partial charge in [0.2, 0.25) is 0 Å². The number of carbonyl (C=O) groups is 2. The smallest absolute Gasteiger partial charge is 0.337 e. The molecule has 3 rings (SSSR count). The molecule has 7 nitrogen and oxygen atoms in total. The van der Waals surface area contributed by atoms with E-state index in [9.17, 15) is 9.59 Å². The lowest BCUT2D eigenvalue weighted by Gasteiger charge is -2.09. The molecule has 0 aliphatic rings. The Kier molecular flexibility index (Phi) is 5.71. The highest BCUT2D eigenvalue weighted by molar-refractivity contribution is 5.94. The summed E-state index contributed by atoms with van der Waals surface area (Å²) in [4.78, 5) is 28.5. The number of anilines is 1. The van der Waals surface area contributed by atoms with Crippen LogP contribution in [0, 0.1) is 0 Å². The number of methoxy groups -OCH3 is 1. The van der Waals surface area contributed by atoms with E-state index in [2.05, 4.69) is 22.5 Å². The Balaban J connectivity index is 1.95. The molecule has 0 radical (unpaired) electrons. The Morgan fingerprint density at radius 2 is 1.93 bits per heavy atom. The van der Waals surface area contributed by atoms with E-state index in [1.807, 2.05) is 28.8 Å². The van der Waals surface area contributed by atoms with Crippen LogP contribution in [-0.2, 0) is 4.74 Å². The van der Waals surface area contributed by atoms with Crippen molar-refractivity contribution in [2.75, 3.05) is 19.0 Å². The second-order valence-corrected chi connectivity index (χ2v) is 6.04. The van der Waals surface area contributed by atoms with E-state index in [0.717, 1.165) is 18.4 Å². The number of hydrogen-bond acceptors (Lipinski definition) is 4. The number of pyridine rings is 1. The summed E-state index contributed by atoms with van der Waals surface area (Å²) in [5.41, 5.74) is 2.59. The van der Waals surface area contributed by atoms with Crippen LogP contribution in [0.2, 0.25) is 0 Å². The molecule has 0 atom stereocenters. The maximum absolute atomic E-state index is 12.3. The van der Waals surface area contributed by atoms with Gasteiger partial charge in [-0.3, -0.25) is 9.72 Å². The van der Waals surface area contributed by atoms with Crippen LogP contribution < -0.4 is 10.6 Å². The number of nitrogens with one attached hydrogen (secondary N) is 2. The van der Waals surface area contributed by atoms with Gasteiger partial charge in [-0.15, -0.1) is 0 Å². The Hall–Kier alpha value is -3.35. The third-order valence-corrected chi connectivity index (χ3v) is 4.16. The lowest BCUT2D eigenvalue weighted by molar-refractivity contribution is 0.0600. The Morgan fingerprint density at radius 3 is 2.63 bits per heavy atom. The van der Waals surface area contributed by atoms with Crippen molar-refractivity contribution in [3.8, 4) is 11.3 Å². The van der Waals surface area contributed by atoms with Gasteiger partial charge in [-0.25, -0.2) is 14.6 Å². The molecule has 2 aromatic heterocycles. The Morgan fingerprint density at radius 1 is 1.15 bits per heavy atom. The number of fused-ring (bicyclic) bond motifs is 1. The van der Waals surface area contributed by atoms with Crippen LogP contribution in [0.15, 0.2) is 48.7 Å². The fraction of sp³-hybridized carbons (Fsp3) is 0.250. The van der Waals surface area contributed by atoms with Crippen molar-refractivity contribution in [1.29, 1.82) is 0 Å². The number of ether oxygens (including phenoxy) is 1. The molecule has 0 saturated carbocycles. The highest BCUT2D eigenvalue weighted by Crippen LogP contribution is 2.29. The molecule has 0 fully saturated rings. The molecule has 0 aliphatic heterocycles. The van der Waals surface area contributed by atoms with Crippen LogP contribution in [0.5, 0.6) is 0 Å². The minimum Gasteiger partial charge on any atom is -0.465 e. The summed E-state index contributed by atoms with van der Waals surface area (Å²) >= 11 is 0. The summed E-state index contributed by atoms with van der Waals surface area (Å²) in [6.45, 7) is 2.68. The summed E-state index contributed by atoms with van der Waals surface area (Å²) in [6.07, 6.45) is 3.77. The summed E-state index contributed by atoms with van der Waals surface area (Å²) < 4.78 is 6.55. The second kappa shape index (κ2) is 8.35. The number of amides is 2. The molecule has 0 bridgehead atoms. The summed E-state index contributed by atoms with van der Waals surface area (Å²) in [6, 6.07) is 12.3. The van der Waals surface area contributed by atoms with Crippen molar-refractivity contribution in [1.82, 2.24) is 14.7 Å². The number of aromatic nitrogens is 2. The summed E-state index contributed by atoms with van der Waals surface area (Å²) in [7, 11) is 1.34. The van der Waals surface area contributed by atoms with Crippen LogP contribution in [-0.4, -0.2) is 35.0 Å². The minimum atomic E-state index is -0.398. The second-order valence-electron chi connectivity index (χ2n) is 6.04. The van der Waals surface area contributed by atoms with Gasteiger partial charge in [0, 0.05) is 18.3 Å². The lowest BCUT2D eigenvalue weighted by atomic mass is 10.1. The van der Waals surface area contributed by atoms with Crippen LogP contribution >= 0.6 is 0 Å². The normalized spacial score (nSPS) is 10.6. The monoisotopic (exact) mass is 366 g/mol. The van der Waals surface area contributed by atoms with Gasteiger partial charge in [-0.1, -0.05) is 31.5 Å². The summed E-state index contributed by atoms with van der Waals surface area (Å²) in [5.74, 6) is 0.176. The predicted octanol–water partition coefficient (Wildman–Crippen LogP) is 3.71. The lowest BCUT2D eigenvalue weighted by Crippen LogP contribution is -2.30. The molecule has 0 spiro atoms. The van der Waals surface area contributed by atoms with E-state index < -0.39 is 5.97 Å². The molecule has 27 heavy (non-hydrogen) atoms. The Labute approximate surface area is 157 Å². The molecular formula is C20H22N4O3. The van der Waals surface area contributed by atoms with Crippen molar-refractivity contribution in [2.24, 2.45) is 0 Å². The van der Waals surface area contributed by atoms with Crippen LogP contribution in [0.25, 0.3) is 16.9 Å². The van der Waals surface area contributed by atoms with Gasteiger partial charge >= 0.3 is 12.0 Å². The van der Waals surface area contributed by atoms with Crippen molar-refractivity contribution in [3.05, 3.63) is 54.2 Å². The standard InChI is InChI=1S/C20H22N4O3/c1-3-4-12-21-20(26)23-18-17(22-16-7-5-6-13-24(16)18)14-8-10-15(11-9-14)19(25)27-2/h5-11,13H,3-4,12H2,1-2H3,(H2,21,23,26). The topological polar surface area (TPSA) is 84.7 Å².